The molecule has 0 aromatic heterocycles. The second-order valence-electron chi connectivity index (χ2n) is 6.83. The van der Waals surface area contributed by atoms with Crippen LogP contribution in [-0.2, 0) is 9.53 Å². The molecule has 2 heterocycles. The first kappa shape index (κ1) is 18.6. The fourth-order valence-corrected chi connectivity index (χ4v) is 3.27. The van der Waals surface area contributed by atoms with E-state index in [1.807, 2.05) is 0 Å². The number of halogens is 2. The molecule has 8 heteroatoms. The number of para-hydroxylation sites is 2. The standard InChI is InChI=1S/C18H23F2N3O3/c1-18(16(19)20)12-22(10-11-26-18)17(25)21-13-6-2-3-7-14(13)23-9-5-4-8-15(23)24/h2-3,6-7,16H,4-5,8-12H2,1H3,(H,21,25). The third-order valence-electron chi connectivity index (χ3n) is 4.81. The van der Waals surface area contributed by atoms with Crippen molar-refractivity contribution >= 4 is 23.3 Å². The Balaban J connectivity index is 1.75. The summed E-state index contributed by atoms with van der Waals surface area (Å²) in [7, 11) is 0. The Morgan fingerprint density at radius 2 is 2.04 bits per heavy atom. The van der Waals surface area contributed by atoms with Gasteiger partial charge in [0.2, 0.25) is 5.91 Å². The van der Waals surface area contributed by atoms with E-state index < -0.39 is 18.1 Å². The van der Waals surface area contributed by atoms with Crippen LogP contribution in [0.1, 0.15) is 26.2 Å². The van der Waals surface area contributed by atoms with E-state index in [1.54, 1.807) is 29.2 Å². The first-order valence-electron chi connectivity index (χ1n) is 8.78. The quantitative estimate of drug-likeness (QED) is 0.893. The number of alkyl halides is 2. The number of urea groups is 1. The maximum atomic E-state index is 13.2. The van der Waals surface area contributed by atoms with Crippen molar-refractivity contribution in [2.24, 2.45) is 0 Å². The van der Waals surface area contributed by atoms with Crippen molar-refractivity contribution in [3.63, 3.8) is 0 Å². The molecule has 1 N–H and O–H groups in total. The number of rotatable bonds is 3. The Morgan fingerprint density at radius 3 is 2.77 bits per heavy atom. The molecule has 142 valence electrons. The lowest BCUT2D eigenvalue weighted by Crippen LogP contribution is -2.56. The summed E-state index contributed by atoms with van der Waals surface area (Å²) in [5.74, 6) is 0.0228. The number of piperidine rings is 1. The number of hydrogen-bond acceptors (Lipinski definition) is 3. The zero-order valence-electron chi connectivity index (χ0n) is 14.7. The highest BCUT2D eigenvalue weighted by molar-refractivity contribution is 6.01. The largest absolute Gasteiger partial charge is 0.366 e. The van der Waals surface area contributed by atoms with Gasteiger partial charge in [0.25, 0.3) is 6.43 Å². The molecule has 2 aliphatic rings. The second kappa shape index (κ2) is 7.57. The van der Waals surface area contributed by atoms with E-state index in [2.05, 4.69) is 5.32 Å². The highest BCUT2D eigenvalue weighted by Gasteiger charge is 2.42. The normalized spacial score (nSPS) is 24.1. The molecule has 1 aromatic carbocycles. The molecule has 0 aliphatic carbocycles. The third kappa shape index (κ3) is 3.80. The highest BCUT2D eigenvalue weighted by atomic mass is 19.3. The number of nitrogens with zero attached hydrogens (tertiary/aromatic N) is 2. The molecule has 0 saturated carbocycles. The maximum Gasteiger partial charge on any atom is 0.322 e. The van der Waals surface area contributed by atoms with Crippen LogP contribution in [0.3, 0.4) is 0 Å². The van der Waals surface area contributed by atoms with Gasteiger partial charge in [-0.1, -0.05) is 12.1 Å². The van der Waals surface area contributed by atoms with E-state index in [0.717, 1.165) is 12.8 Å². The maximum absolute atomic E-state index is 13.2. The van der Waals surface area contributed by atoms with Crippen molar-refractivity contribution in [1.82, 2.24) is 4.90 Å². The van der Waals surface area contributed by atoms with Crippen LogP contribution in [0, 0.1) is 0 Å². The van der Waals surface area contributed by atoms with Crippen LogP contribution in [0.15, 0.2) is 24.3 Å². The molecular formula is C18H23F2N3O3. The fourth-order valence-electron chi connectivity index (χ4n) is 3.27. The molecule has 0 spiro atoms. The number of ether oxygens (including phenoxy) is 1. The molecule has 2 saturated heterocycles. The first-order valence-corrected chi connectivity index (χ1v) is 8.78. The number of morpholine rings is 1. The third-order valence-corrected chi connectivity index (χ3v) is 4.81. The highest BCUT2D eigenvalue weighted by Crippen LogP contribution is 2.30. The van der Waals surface area contributed by atoms with Gasteiger partial charge in [-0.25, -0.2) is 13.6 Å². The molecular weight excluding hydrogens is 344 g/mol. The molecule has 1 aromatic rings. The Bertz CT molecular complexity index is 685. The molecule has 26 heavy (non-hydrogen) atoms. The summed E-state index contributed by atoms with van der Waals surface area (Å²) in [6.45, 7) is 2.00. The second-order valence-corrected chi connectivity index (χ2v) is 6.83. The summed E-state index contributed by atoms with van der Waals surface area (Å²) in [5, 5.41) is 2.77. The SMILES string of the molecule is CC1(C(F)F)CN(C(=O)Nc2ccccc2N2CCCCC2=O)CCO1. The molecule has 2 fully saturated rings. The zero-order chi connectivity index (χ0) is 18.7. The number of amides is 3. The van der Waals surface area contributed by atoms with Gasteiger partial charge in [0.15, 0.2) is 0 Å². The lowest BCUT2D eigenvalue weighted by atomic mass is 10.1. The summed E-state index contributed by atoms with van der Waals surface area (Å²) >= 11 is 0. The first-order chi connectivity index (χ1) is 12.4. The Morgan fingerprint density at radius 1 is 1.27 bits per heavy atom. The number of anilines is 2. The average molecular weight is 367 g/mol. The summed E-state index contributed by atoms with van der Waals surface area (Å²) in [6, 6.07) is 6.58. The van der Waals surface area contributed by atoms with Crippen LogP contribution in [0.2, 0.25) is 0 Å². The number of nitrogens with one attached hydrogen (secondary N) is 1. The van der Waals surface area contributed by atoms with Crippen molar-refractivity contribution in [2.45, 2.75) is 38.2 Å². The molecule has 6 nitrogen and oxygen atoms in total. The summed E-state index contributed by atoms with van der Waals surface area (Å²) in [6.07, 6.45) is -0.427. The molecule has 2 aliphatic heterocycles. The van der Waals surface area contributed by atoms with Gasteiger partial charge in [-0.05, 0) is 31.9 Å². The topological polar surface area (TPSA) is 61.9 Å². The fraction of sp³-hybridized carbons (Fsp3) is 0.556. The molecule has 0 bridgehead atoms. The zero-order valence-corrected chi connectivity index (χ0v) is 14.7. The van der Waals surface area contributed by atoms with Crippen molar-refractivity contribution in [2.75, 3.05) is 36.5 Å². The Kier molecular flexibility index (Phi) is 5.41. The van der Waals surface area contributed by atoms with Gasteiger partial charge in [0.05, 0.1) is 24.5 Å². The Hall–Kier alpha value is -2.22. The lowest BCUT2D eigenvalue weighted by Gasteiger charge is -2.39. The van der Waals surface area contributed by atoms with E-state index in [1.165, 1.54) is 11.8 Å². The van der Waals surface area contributed by atoms with Gasteiger partial charge in [-0.15, -0.1) is 0 Å². The Labute approximate surface area is 151 Å². The van der Waals surface area contributed by atoms with E-state index in [-0.39, 0.29) is 25.6 Å². The van der Waals surface area contributed by atoms with Crippen LogP contribution < -0.4 is 10.2 Å². The van der Waals surface area contributed by atoms with Crippen molar-refractivity contribution in [3.05, 3.63) is 24.3 Å². The number of benzene rings is 1. The number of carbonyl (C=O) groups excluding carboxylic acids is 2. The average Bonchev–Trinajstić information content (AvgIpc) is 2.63. The van der Waals surface area contributed by atoms with Crippen LogP contribution >= 0.6 is 0 Å². The van der Waals surface area contributed by atoms with Gasteiger partial charge in [-0.2, -0.15) is 0 Å². The van der Waals surface area contributed by atoms with E-state index in [4.69, 9.17) is 4.74 Å². The smallest absolute Gasteiger partial charge is 0.322 e. The summed E-state index contributed by atoms with van der Waals surface area (Å²) in [5.41, 5.74) is -0.536. The van der Waals surface area contributed by atoms with Gasteiger partial charge >= 0.3 is 6.03 Å². The van der Waals surface area contributed by atoms with Crippen LogP contribution in [0.5, 0.6) is 0 Å². The summed E-state index contributed by atoms with van der Waals surface area (Å²) < 4.78 is 31.5. The predicted molar refractivity (Wildman–Crippen MR) is 93.6 cm³/mol. The van der Waals surface area contributed by atoms with Gasteiger partial charge in [-0.3, -0.25) is 4.79 Å². The molecule has 1 atom stereocenters. The number of hydrogen-bond donors (Lipinski definition) is 1. The minimum absolute atomic E-state index is 0.0228. The van der Waals surface area contributed by atoms with Gasteiger partial charge < -0.3 is 19.9 Å². The molecule has 1 unspecified atom stereocenters. The van der Waals surface area contributed by atoms with Crippen molar-refractivity contribution in [3.8, 4) is 0 Å². The van der Waals surface area contributed by atoms with Crippen LogP contribution in [0.25, 0.3) is 0 Å². The lowest BCUT2D eigenvalue weighted by molar-refractivity contribution is -0.161. The molecule has 3 amide bonds. The van der Waals surface area contributed by atoms with Gasteiger partial charge in [0, 0.05) is 19.5 Å². The summed E-state index contributed by atoms with van der Waals surface area (Å²) in [4.78, 5) is 27.8. The van der Waals surface area contributed by atoms with Crippen molar-refractivity contribution in [1.29, 1.82) is 0 Å². The number of carbonyl (C=O) groups is 2. The monoisotopic (exact) mass is 367 g/mol. The van der Waals surface area contributed by atoms with E-state index in [9.17, 15) is 18.4 Å². The van der Waals surface area contributed by atoms with Crippen molar-refractivity contribution < 1.29 is 23.1 Å². The van der Waals surface area contributed by atoms with Crippen LogP contribution in [-0.4, -0.2) is 55.1 Å². The predicted octanol–water partition coefficient (Wildman–Crippen LogP) is 3.09. The molecule has 0 radical (unpaired) electrons. The molecule has 3 rings (SSSR count). The van der Waals surface area contributed by atoms with Gasteiger partial charge in [0.1, 0.15) is 5.60 Å². The van der Waals surface area contributed by atoms with E-state index in [0.29, 0.717) is 24.3 Å². The van der Waals surface area contributed by atoms with Crippen LogP contribution in [0.4, 0.5) is 25.0 Å². The van der Waals surface area contributed by atoms with E-state index >= 15 is 0 Å². The minimum Gasteiger partial charge on any atom is -0.366 e. The minimum atomic E-state index is -2.68.